The number of hydrogen-bond donors (Lipinski definition) is 1. The van der Waals surface area contributed by atoms with Gasteiger partial charge < -0.3 is 14.8 Å². The number of nitrogens with one attached hydrogen (secondary N) is 1. The first-order valence-electron chi connectivity index (χ1n) is 9.19. The smallest absolute Gasteiger partial charge is 0.259 e. The molecule has 2 aromatic heterocycles. The van der Waals surface area contributed by atoms with Crippen LogP contribution in [0.1, 0.15) is 23.1 Å². The zero-order valence-corrected chi connectivity index (χ0v) is 20.8. The number of carbonyl (C=O) groups excluding carboxylic acids is 1. The van der Waals surface area contributed by atoms with Crippen LogP contribution < -0.4 is 14.8 Å². The van der Waals surface area contributed by atoms with Crippen LogP contribution in [0.5, 0.6) is 11.5 Å². The Kier molecular flexibility index (Phi) is 6.26. The summed E-state index contributed by atoms with van der Waals surface area (Å²) in [7, 11) is 3.07. The molecule has 0 atom stereocenters. The molecule has 0 spiro atoms. The van der Waals surface area contributed by atoms with E-state index in [1.54, 1.807) is 23.8 Å². The Morgan fingerprint density at radius 3 is 2.68 bits per heavy atom. The number of methoxy groups -OCH3 is 2. The third-order valence-corrected chi connectivity index (χ3v) is 6.52. The zero-order chi connectivity index (χ0) is 22.1. The first-order valence-corrected chi connectivity index (χ1v) is 11.6. The first kappa shape index (κ1) is 21.7. The first-order chi connectivity index (χ1) is 14.9. The predicted molar refractivity (Wildman–Crippen MR) is 126 cm³/mol. The molecule has 2 heterocycles. The Bertz CT molecular complexity index is 1290. The summed E-state index contributed by atoms with van der Waals surface area (Å²) in [6.45, 7) is 2.01. The van der Waals surface area contributed by atoms with E-state index in [1.807, 2.05) is 25.1 Å². The Morgan fingerprint density at radius 2 is 1.97 bits per heavy atom. The van der Waals surface area contributed by atoms with Crippen molar-refractivity contribution in [1.82, 2.24) is 19.8 Å². The Balaban J connectivity index is 1.71. The number of anilines is 1. The quantitative estimate of drug-likeness (QED) is 0.344. The van der Waals surface area contributed by atoms with Gasteiger partial charge in [-0.05, 0) is 46.3 Å². The molecule has 0 radical (unpaired) electrons. The highest BCUT2D eigenvalue weighted by atomic mass is 79.9. The van der Waals surface area contributed by atoms with Crippen molar-refractivity contribution >= 4 is 59.8 Å². The molecule has 4 rings (SSSR count). The lowest BCUT2D eigenvalue weighted by molar-refractivity contribution is 0.102. The summed E-state index contributed by atoms with van der Waals surface area (Å²) in [4.78, 5) is 13.8. The Labute approximate surface area is 198 Å². The second-order valence-electron chi connectivity index (χ2n) is 6.41. The molecular weight excluding hydrogens is 550 g/mol. The number of rotatable bonds is 6. The molecule has 11 heteroatoms. The van der Waals surface area contributed by atoms with Crippen LogP contribution in [0.3, 0.4) is 0 Å². The maximum atomic E-state index is 13.1. The van der Waals surface area contributed by atoms with Gasteiger partial charge in [-0.1, -0.05) is 34.2 Å². The Morgan fingerprint density at radius 1 is 1.16 bits per heavy atom. The molecule has 1 N–H and O–H groups in total. The largest absolute Gasteiger partial charge is 0.495 e. The summed E-state index contributed by atoms with van der Waals surface area (Å²) >= 11 is 8.27. The zero-order valence-electron chi connectivity index (χ0n) is 16.8. The molecule has 0 aliphatic carbocycles. The lowest BCUT2D eigenvalue weighted by Crippen LogP contribution is -2.14. The number of ether oxygens (including phenoxy) is 2. The second kappa shape index (κ2) is 8.93. The molecule has 0 saturated carbocycles. The van der Waals surface area contributed by atoms with Gasteiger partial charge in [0, 0.05) is 16.5 Å². The van der Waals surface area contributed by atoms with E-state index in [9.17, 15) is 4.79 Å². The number of aromatic nitrogens is 4. The highest BCUT2D eigenvalue weighted by Gasteiger charge is 2.19. The van der Waals surface area contributed by atoms with Gasteiger partial charge in [0.2, 0.25) is 4.96 Å². The van der Waals surface area contributed by atoms with Gasteiger partial charge in [0.1, 0.15) is 16.5 Å². The maximum absolute atomic E-state index is 13.1. The van der Waals surface area contributed by atoms with Crippen molar-refractivity contribution in [3.05, 3.63) is 50.7 Å². The minimum atomic E-state index is -0.333. The van der Waals surface area contributed by atoms with Crippen molar-refractivity contribution in [2.45, 2.75) is 13.3 Å². The molecule has 4 aromatic rings. The monoisotopic (exact) mass is 565 g/mol. The van der Waals surface area contributed by atoms with Crippen molar-refractivity contribution < 1.29 is 14.3 Å². The number of fused-ring (bicyclic) bond motifs is 1. The summed E-state index contributed by atoms with van der Waals surface area (Å²) in [6.07, 6.45) is 0.734. The van der Waals surface area contributed by atoms with Crippen LogP contribution in [0.15, 0.2) is 39.3 Å². The van der Waals surface area contributed by atoms with Crippen LogP contribution in [0.4, 0.5) is 5.69 Å². The predicted octanol–water partition coefficient (Wildman–Crippen LogP) is 5.21. The van der Waals surface area contributed by atoms with Crippen LogP contribution in [0.25, 0.3) is 15.5 Å². The molecule has 0 unspecified atom stereocenters. The number of benzene rings is 2. The van der Waals surface area contributed by atoms with Crippen LogP contribution in [0.2, 0.25) is 0 Å². The average Bonchev–Trinajstić information content (AvgIpc) is 3.34. The molecule has 1 amide bonds. The number of aryl methyl sites for hydroxylation is 1. The Hall–Kier alpha value is -2.50. The van der Waals surface area contributed by atoms with Crippen LogP contribution >= 0.6 is 43.2 Å². The number of halogens is 2. The molecule has 0 bridgehead atoms. The summed E-state index contributed by atoms with van der Waals surface area (Å²) in [5.74, 6) is 1.44. The van der Waals surface area contributed by atoms with Gasteiger partial charge in [-0.15, -0.1) is 10.2 Å². The molecule has 160 valence electrons. The molecule has 31 heavy (non-hydrogen) atoms. The van der Waals surface area contributed by atoms with E-state index in [1.165, 1.54) is 18.4 Å². The van der Waals surface area contributed by atoms with E-state index in [4.69, 9.17) is 9.47 Å². The highest BCUT2D eigenvalue weighted by Crippen LogP contribution is 2.36. The molecule has 0 aliphatic heterocycles. The molecule has 2 aromatic carbocycles. The van der Waals surface area contributed by atoms with Gasteiger partial charge in [-0.3, -0.25) is 4.79 Å². The van der Waals surface area contributed by atoms with Crippen LogP contribution in [-0.2, 0) is 6.42 Å². The minimum Gasteiger partial charge on any atom is -0.495 e. The van der Waals surface area contributed by atoms with E-state index in [0.29, 0.717) is 27.2 Å². The SMILES string of the molecule is CCc1nnc2sc(-c3ccc(OC)c(NC(=O)c4cc(Br)cc(Br)c4OC)c3)nn12. The van der Waals surface area contributed by atoms with Crippen molar-refractivity contribution in [3.63, 3.8) is 0 Å². The fourth-order valence-electron chi connectivity index (χ4n) is 3.06. The summed E-state index contributed by atoms with van der Waals surface area (Å²) in [5.41, 5.74) is 1.73. The van der Waals surface area contributed by atoms with Gasteiger partial charge >= 0.3 is 0 Å². The third kappa shape index (κ3) is 4.17. The lowest BCUT2D eigenvalue weighted by Gasteiger charge is -2.14. The van der Waals surface area contributed by atoms with Crippen molar-refractivity contribution in [3.8, 4) is 22.1 Å². The molecule has 0 saturated heterocycles. The van der Waals surface area contributed by atoms with Crippen LogP contribution in [0, 0.1) is 0 Å². The maximum Gasteiger partial charge on any atom is 0.259 e. The van der Waals surface area contributed by atoms with E-state index in [-0.39, 0.29) is 5.91 Å². The van der Waals surface area contributed by atoms with Gasteiger partial charge in [0.05, 0.1) is 29.9 Å². The van der Waals surface area contributed by atoms with Gasteiger partial charge in [-0.25, -0.2) is 0 Å². The van der Waals surface area contributed by atoms with Crippen molar-refractivity contribution in [1.29, 1.82) is 0 Å². The van der Waals surface area contributed by atoms with Gasteiger partial charge in [0.15, 0.2) is 5.82 Å². The summed E-state index contributed by atoms with van der Waals surface area (Å²) < 4.78 is 14.0. The summed E-state index contributed by atoms with van der Waals surface area (Å²) in [5, 5.41) is 16.6. The number of nitrogens with zero attached hydrogens (tertiary/aromatic N) is 4. The molecule has 8 nitrogen and oxygen atoms in total. The lowest BCUT2D eigenvalue weighted by atomic mass is 10.1. The topological polar surface area (TPSA) is 90.6 Å². The van der Waals surface area contributed by atoms with E-state index < -0.39 is 0 Å². The molecular formula is C20H17Br2N5O3S. The third-order valence-electron chi connectivity index (χ3n) is 4.52. The minimum absolute atomic E-state index is 0.333. The van der Waals surface area contributed by atoms with Gasteiger partial charge in [-0.2, -0.15) is 9.61 Å². The highest BCUT2D eigenvalue weighted by molar-refractivity contribution is 9.11. The average molecular weight is 567 g/mol. The van der Waals surface area contributed by atoms with Crippen molar-refractivity contribution in [2.75, 3.05) is 19.5 Å². The molecule has 0 aliphatic rings. The standard InChI is InChI=1S/C20H17Br2N5O3S/c1-4-16-24-25-20-27(16)26-19(31-20)10-5-6-15(29-2)14(7-10)23-18(28)12-8-11(21)9-13(22)17(12)30-3/h5-9H,4H2,1-3H3,(H,23,28). The second-order valence-corrected chi connectivity index (χ2v) is 9.13. The molecule has 0 fully saturated rings. The fraction of sp³-hybridized carbons (Fsp3) is 0.200. The van der Waals surface area contributed by atoms with Crippen molar-refractivity contribution in [2.24, 2.45) is 0 Å². The number of amides is 1. The normalized spacial score (nSPS) is 11.0. The fourth-order valence-corrected chi connectivity index (χ4v) is 5.30. The van der Waals surface area contributed by atoms with E-state index in [2.05, 4.69) is 52.5 Å². The van der Waals surface area contributed by atoms with Gasteiger partial charge in [0.25, 0.3) is 5.91 Å². The number of carbonyl (C=O) groups is 1. The summed E-state index contributed by atoms with van der Waals surface area (Å²) in [6, 6.07) is 9.03. The number of hydrogen-bond acceptors (Lipinski definition) is 7. The van der Waals surface area contributed by atoms with E-state index >= 15 is 0 Å². The van der Waals surface area contributed by atoms with E-state index in [0.717, 1.165) is 32.2 Å². The van der Waals surface area contributed by atoms with Crippen LogP contribution in [-0.4, -0.2) is 39.9 Å².